The highest BCUT2D eigenvalue weighted by atomic mass is 19.1. The van der Waals surface area contributed by atoms with Gasteiger partial charge in [0.2, 0.25) is 0 Å². The van der Waals surface area contributed by atoms with Gasteiger partial charge in [-0.15, -0.1) is 0 Å². The zero-order valence-corrected chi connectivity index (χ0v) is 10.2. The summed E-state index contributed by atoms with van der Waals surface area (Å²) in [6, 6.07) is 6.10. The molecule has 1 fully saturated rings. The van der Waals surface area contributed by atoms with E-state index in [0.29, 0.717) is 5.56 Å². The molecule has 1 unspecified atom stereocenters. The van der Waals surface area contributed by atoms with Crippen LogP contribution in [0, 0.1) is 5.82 Å². The van der Waals surface area contributed by atoms with Crippen molar-refractivity contribution >= 4 is 5.91 Å². The number of amides is 1. The van der Waals surface area contributed by atoms with E-state index < -0.39 is 0 Å². The van der Waals surface area contributed by atoms with E-state index in [2.05, 4.69) is 6.92 Å². The van der Waals surface area contributed by atoms with E-state index >= 15 is 0 Å². The third-order valence-corrected chi connectivity index (χ3v) is 3.41. The summed E-state index contributed by atoms with van der Waals surface area (Å²) in [5.74, 6) is -0.273. The van der Waals surface area contributed by atoms with E-state index in [9.17, 15) is 9.18 Å². The number of hydrogen-bond donors (Lipinski definition) is 0. The van der Waals surface area contributed by atoms with Gasteiger partial charge in [-0.2, -0.15) is 0 Å². The summed E-state index contributed by atoms with van der Waals surface area (Å²) in [7, 11) is 0. The molecule has 1 aromatic rings. The summed E-state index contributed by atoms with van der Waals surface area (Å²) in [5.41, 5.74) is 0.583. The molecule has 2 nitrogen and oxygen atoms in total. The zero-order chi connectivity index (χ0) is 12.3. The highest BCUT2D eigenvalue weighted by molar-refractivity contribution is 5.94. The minimum absolute atomic E-state index is 0.0272. The lowest BCUT2D eigenvalue weighted by molar-refractivity contribution is 0.0698. The van der Waals surface area contributed by atoms with Crippen LogP contribution in [0.4, 0.5) is 4.39 Å². The molecule has 1 atom stereocenters. The highest BCUT2D eigenvalue weighted by Crippen LogP contribution is 2.19. The maximum Gasteiger partial charge on any atom is 0.254 e. The van der Waals surface area contributed by atoms with Gasteiger partial charge in [-0.3, -0.25) is 4.79 Å². The first-order valence-electron chi connectivity index (χ1n) is 6.25. The molecule has 1 aliphatic rings. The Morgan fingerprint density at radius 3 is 2.65 bits per heavy atom. The number of hydrogen-bond acceptors (Lipinski definition) is 1. The molecule has 1 amide bonds. The van der Waals surface area contributed by atoms with Crippen molar-refractivity contribution in [1.29, 1.82) is 0 Å². The van der Waals surface area contributed by atoms with Crippen molar-refractivity contribution in [2.75, 3.05) is 6.54 Å². The van der Waals surface area contributed by atoms with E-state index in [1.165, 1.54) is 25.0 Å². The molecule has 1 heterocycles. The van der Waals surface area contributed by atoms with Gasteiger partial charge in [0.05, 0.1) is 0 Å². The van der Waals surface area contributed by atoms with Gasteiger partial charge < -0.3 is 4.90 Å². The van der Waals surface area contributed by atoms with Crippen LogP contribution in [-0.2, 0) is 0 Å². The van der Waals surface area contributed by atoms with Crippen molar-refractivity contribution in [3.8, 4) is 0 Å². The van der Waals surface area contributed by atoms with E-state index in [-0.39, 0.29) is 17.8 Å². The fraction of sp³-hybridized carbons (Fsp3) is 0.500. The van der Waals surface area contributed by atoms with Crippen molar-refractivity contribution in [3.63, 3.8) is 0 Å². The molecule has 17 heavy (non-hydrogen) atoms. The van der Waals surface area contributed by atoms with Crippen LogP contribution in [0.25, 0.3) is 0 Å². The predicted molar refractivity (Wildman–Crippen MR) is 65.4 cm³/mol. The zero-order valence-electron chi connectivity index (χ0n) is 10.2. The third kappa shape index (κ3) is 2.84. The van der Waals surface area contributed by atoms with Crippen LogP contribution in [0.5, 0.6) is 0 Å². The van der Waals surface area contributed by atoms with Gasteiger partial charge in [0.1, 0.15) is 5.82 Å². The van der Waals surface area contributed by atoms with Crippen LogP contribution in [-0.4, -0.2) is 23.4 Å². The second kappa shape index (κ2) is 5.30. The molecule has 0 saturated carbocycles. The van der Waals surface area contributed by atoms with Crippen molar-refractivity contribution in [1.82, 2.24) is 4.90 Å². The van der Waals surface area contributed by atoms with E-state index in [1.807, 2.05) is 4.90 Å². The Labute approximate surface area is 101 Å². The van der Waals surface area contributed by atoms with E-state index in [1.54, 1.807) is 12.1 Å². The Hall–Kier alpha value is -1.38. The molecule has 0 aliphatic carbocycles. The van der Waals surface area contributed by atoms with Gasteiger partial charge in [-0.25, -0.2) is 4.39 Å². The Morgan fingerprint density at radius 2 is 1.94 bits per heavy atom. The van der Waals surface area contributed by atoms with Crippen molar-refractivity contribution in [2.45, 2.75) is 38.6 Å². The average Bonchev–Trinajstić information content (AvgIpc) is 2.54. The number of nitrogens with zero attached hydrogens (tertiary/aromatic N) is 1. The number of halogens is 1. The molecule has 1 aliphatic heterocycles. The van der Waals surface area contributed by atoms with Crippen molar-refractivity contribution in [2.24, 2.45) is 0 Å². The second-order valence-corrected chi connectivity index (χ2v) is 4.70. The molecule has 0 radical (unpaired) electrons. The number of carbonyl (C=O) groups excluding carboxylic acids is 1. The lowest BCUT2D eigenvalue weighted by atomic mass is 10.1. The SMILES string of the molecule is CC1CCCCCN1C(=O)c1ccc(F)cc1. The molecule has 1 aromatic carbocycles. The molecule has 0 bridgehead atoms. The maximum absolute atomic E-state index is 12.8. The predicted octanol–water partition coefficient (Wildman–Crippen LogP) is 3.23. The monoisotopic (exact) mass is 235 g/mol. The largest absolute Gasteiger partial charge is 0.336 e. The Morgan fingerprint density at radius 1 is 1.24 bits per heavy atom. The van der Waals surface area contributed by atoms with Gasteiger partial charge in [0.15, 0.2) is 0 Å². The standard InChI is InChI=1S/C14H18FNO/c1-11-5-3-2-4-10-16(11)14(17)12-6-8-13(15)9-7-12/h6-9,11H,2-5,10H2,1H3. The maximum atomic E-state index is 12.8. The molecule has 0 aromatic heterocycles. The Balaban J connectivity index is 2.15. The fourth-order valence-electron chi connectivity index (χ4n) is 2.33. The summed E-state index contributed by atoms with van der Waals surface area (Å²) in [5, 5.41) is 0. The van der Waals surface area contributed by atoms with Gasteiger partial charge in [0.25, 0.3) is 5.91 Å². The van der Waals surface area contributed by atoms with Crippen LogP contribution >= 0.6 is 0 Å². The van der Waals surface area contributed by atoms with Crippen LogP contribution in [0.15, 0.2) is 24.3 Å². The number of rotatable bonds is 1. The molecule has 0 spiro atoms. The summed E-state index contributed by atoms with van der Waals surface area (Å²) in [6.45, 7) is 2.91. The second-order valence-electron chi connectivity index (χ2n) is 4.70. The van der Waals surface area contributed by atoms with Crippen LogP contribution in [0.1, 0.15) is 43.0 Å². The molecule has 1 saturated heterocycles. The number of carbonyl (C=O) groups is 1. The topological polar surface area (TPSA) is 20.3 Å². The first kappa shape index (κ1) is 12.1. The van der Waals surface area contributed by atoms with Crippen LogP contribution < -0.4 is 0 Å². The smallest absolute Gasteiger partial charge is 0.254 e. The summed E-state index contributed by atoms with van der Waals surface area (Å²) >= 11 is 0. The van der Waals surface area contributed by atoms with Crippen molar-refractivity contribution in [3.05, 3.63) is 35.6 Å². The van der Waals surface area contributed by atoms with E-state index in [4.69, 9.17) is 0 Å². The first-order chi connectivity index (χ1) is 8.18. The summed E-state index contributed by atoms with van der Waals surface area (Å²) < 4.78 is 12.8. The quantitative estimate of drug-likeness (QED) is 0.731. The van der Waals surface area contributed by atoms with Crippen molar-refractivity contribution < 1.29 is 9.18 Å². The number of likely N-dealkylation sites (tertiary alicyclic amines) is 1. The lowest BCUT2D eigenvalue weighted by Gasteiger charge is -2.27. The average molecular weight is 235 g/mol. The lowest BCUT2D eigenvalue weighted by Crippen LogP contribution is -2.38. The molecular weight excluding hydrogens is 217 g/mol. The molecule has 3 heteroatoms. The highest BCUT2D eigenvalue weighted by Gasteiger charge is 2.22. The molecule has 0 N–H and O–H groups in total. The Kier molecular flexibility index (Phi) is 3.77. The molecule has 92 valence electrons. The van der Waals surface area contributed by atoms with Gasteiger partial charge in [-0.05, 0) is 44.0 Å². The summed E-state index contributed by atoms with van der Waals surface area (Å²) in [4.78, 5) is 14.2. The third-order valence-electron chi connectivity index (χ3n) is 3.41. The normalized spacial score (nSPS) is 21.1. The van der Waals surface area contributed by atoms with Crippen LogP contribution in [0.2, 0.25) is 0 Å². The Bertz CT molecular complexity index is 388. The van der Waals surface area contributed by atoms with Gasteiger partial charge in [-0.1, -0.05) is 12.8 Å². The minimum Gasteiger partial charge on any atom is -0.336 e. The minimum atomic E-state index is -0.300. The molecule has 2 rings (SSSR count). The van der Waals surface area contributed by atoms with Gasteiger partial charge in [0, 0.05) is 18.2 Å². The number of benzene rings is 1. The molecular formula is C14H18FNO. The van der Waals surface area contributed by atoms with Crippen LogP contribution in [0.3, 0.4) is 0 Å². The van der Waals surface area contributed by atoms with Gasteiger partial charge >= 0.3 is 0 Å². The summed E-state index contributed by atoms with van der Waals surface area (Å²) in [6.07, 6.45) is 4.51. The van der Waals surface area contributed by atoms with E-state index in [0.717, 1.165) is 19.4 Å². The fourth-order valence-corrected chi connectivity index (χ4v) is 2.33. The first-order valence-corrected chi connectivity index (χ1v) is 6.25.